The lowest BCUT2D eigenvalue weighted by atomic mass is 9.75. The lowest BCUT2D eigenvalue weighted by molar-refractivity contribution is -0.139. The fourth-order valence-electron chi connectivity index (χ4n) is 5.22. The van der Waals surface area contributed by atoms with Crippen LogP contribution in [0.2, 0.25) is 0 Å². The number of carbonyl (C=O) groups excluding carboxylic acids is 3. The molecule has 1 aromatic rings. The van der Waals surface area contributed by atoms with E-state index in [1.165, 1.54) is 6.07 Å². The molecule has 0 atom stereocenters. The molecule has 32 heavy (non-hydrogen) atoms. The van der Waals surface area contributed by atoms with Gasteiger partial charge in [0, 0.05) is 38.3 Å². The second-order valence-corrected chi connectivity index (χ2v) is 9.36. The largest absolute Gasteiger partial charge is 0.340 e. The number of nitrogens with one attached hydrogen (secondary N) is 1. The predicted octanol–water partition coefficient (Wildman–Crippen LogP) is 2.75. The third kappa shape index (κ3) is 4.65. The van der Waals surface area contributed by atoms with E-state index in [1.54, 1.807) is 17.0 Å². The van der Waals surface area contributed by atoms with E-state index in [4.69, 9.17) is 0 Å². The monoisotopic (exact) mass is 444 g/mol. The van der Waals surface area contributed by atoms with Crippen molar-refractivity contribution in [1.29, 1.82) is 0 Å². The second-order valence-electron chi connectivity index (χ2n) is 9.36. The van der Waals surface area contributed by atoms with Gasteiger partial charge >= 0.3 is 6.03 Å². The van der Waals surface area contributed by atoms with E-state index in [-0.39, 0.29) is 24.2 Å². The van der Waals surface area contributed by atoms with Gasteiger partial charge < -0.3 is 10.2 Å². The quantitative estimate of drug-likeness (QED) is 0.709. The molecule has 1 aliphatic carbocycles. The number of hydrogen-bond donors (Lipinski definition) is 1. The van der Waals surface area contributed by atoms with Crippen LogP contribution in [0.5, 0.6) is 0 Å². The molecule has 4 amide bonds. The molecule has 1 N–H and O–H groups in total. The molecule has 8 heteroatoms. The average Bonchev–Trinajstić information content (AvgIpc) is 2.95. The molecule has 1 aromatic carbocycles. The normalized spacial score (nSPS) is 27.0. The van der Waals surface area contributed by atoms with Gasteiger partial charge in [-0.2, -0.15) is 0 Å². The Kier molecular flexibility index (Phi) is 6.79. The van der Waals surface area contributed by atoms with E-state index in [1.807, 2.05) is 6.07 Å². The third-order valence-electron chi connectivity index (χ3n) is 7.37. The van der Waals surface area contributed by atoms with Crippen molar-refractivity contribution in [2.75, 3.05) is 32.7 Å². The molecule has 2 saturated heterocycles. The SMILES string of the molecule is CCC1CCC2(CC1)NC(=O)N(CC(=O)N1CCCN(Cc3ccccc3F)CC1)C2=O. The van der Waals surface area contributed by atoms with Crippen LogP contribution in [0.4, 0.5) is 9.18 Å². The Hall–Kier alpha value is -2.48. The molecule has 4 rings (SSSR count). The molecule has 174 valence electrons. The van der Waals surface area contributed by atoms with Gasteiger partial charge in [-0.05, 0) is 44.1 Å². The first kappa shape index (κ1) is 22.7. The zero-order chi connectivity index (χ0) is 22.7. The minimum absolute atomic E-state index is 0.208. The van der Waals surface area contributed by atoms with Crippen LogP contribution in [0.25, 0.3) is 0 Å². The molecule has 0 unspecified atom stereocenters. The highest BCUT2D eigenvalue weighted by Crippen LogP contribution is 2.37. The first-order valence-corrected chi connectivity index (χ1v) is 11.8. The van der Waals surface area contributed by atoms with Crippen molar-refractivity contribution in [3.63, 3.8) is 0 Å². The summed E-state index contributed by atoms with van der Waals surface area (Å²) >= 11 is 0. The Balaban J connectivity index is 1.32. The molecule has 2 aliphatic heterocycles. The van der Waals surface area contributed by atoms with E-state index in [9.17, 15) is 18.8 Å². The van der Waals surface area contributed by atoms with Crippen LogP contribution in [-0.4, -0.2) is 70.8 Å². The zero-order valence-corrected chi connectivity index (χ0v) is 18.8. The molecule has 2 heterocycles. The maximum atomic E-state index is 14.0. The van der Waals surface area contributed by atoms with Gasteiger partial charge in [-0.15, -0.1) is 0 Å². The first-order valence-electron chi connectivity index (χ1n) is 11.8. The van der Waals surface area contributed by atoms with Gasteiger partial charge in [0.25, 0.3) is 5.91 Å². The summed E-state index contributed by atoms with van der Waals surface area (Å²) in [6.45, 7) is 4.91. The molecular formula is C24H33FN4O3. The molecule has 0 aromatic heterocycles. The minimum atomic E-state index is -0.821. The number of benzene rings is 1. The highest BCUT2D eigenvalue weighted by Gasteiger charge is 2.52. The summed E-state index contributed by atoms with van der Waals surface area (Å²) in [5, 5.41) is 2.90. The van der Waals surface area contributed by atoms with Crippen LogP contribution in [0.15, 0.2) is 24.3 Å². The van der Waals surface area contributed by atoms with Crippen molar-refractivity contribution in [3.05, 3.63) is 35.6 Å². The highest BCUT2D eigenvalue weighted by atomic mass is 19.1. The summed E-state index contributed by atoms with van der Waals surface area (Å²) < 4.78 is 14.0. The van der Waals surface area contributed by atoms with Crippen LogP contribution >= 0.6 is 0 Å². The van der Waals surface area contributed by atoms with Gasteiger partial charge in [-0.3, -0.25) is 19.4 Å². The Morgan fingerprint density at radius 2 is 1.88 bits per heavy atom. The van der Waals surface area contributed by atoms with Gasteiger partial charge in [0.2, 0.25) is 5.91 Å². The van der Waals surface area contributed by atoms with Crippen LogP contribution in [0.1, 0.15) is 51.0 Å². The smallest absolute Gasteiger partial charge is 0.325 e. The molecule has 3 aliphatic rings. The highest BCUT2D eigenvalue weighted by molar-refractivity contribution is 6.09. The second kappa shape index (κ2) is 9.57. The van der Waals surface area contributed by atoms with Gasteiger partial charge in [0.15, 0.2) is 0 Å². The molecule has 1 saturated carbocycles. The number of nitrogens with zero attached hydrogens (tertiary/aromatic N) is 3. The third-order valence-corrected chi connectivity index (χ3v) is 7.37. The predicted molar refractivity (Wildman–Crippen MR) is 118 cm³/mol. The maximum absolute atomic E-state index is 14.0. The molecule has 0 bridgehead atoms. The lowest BCUT2D eigenvalue weighted by Gasteiger charge is -2.34. The van der Waals surface area contributed by atoms with Gasteiger partial charge in [-0.25, -0.2) is 9.18 Å². The first-order chi connectivity index (χ1) is 15.4. The van der Waals surface area contributed by atoms with Crippen molar-refractivity contribution in [1.82, 2.24) is 20.0 Å². The number of hydrogen-bond acceptors (Lipinski definition) is 4. The van der Waals surface area contributed by atoms with Gasteiger partial charge in [-0.1, -0.05) is 31.5 Å². The summed E-state index contributed by atoms with van der Waals surface area (Å²) in [6.07, 6.45) is 5.00. The van der Waals surface area contributed by atoms with Crippen LogP contribution in [-0.2, 0) is 16.1 Å². The maximum Gasteiger partial charge on any atom is 0.325 e. The van der Waals surface area contributed by atoms with E-state index in [0.29, 0.717) is 50.5 Å². The summed E-state index contributed by atoms with van der Waals surface area (Å²) in [5.74, 6) is -0.0718. The van der Waals surface area contributed by atoms with Crippen molar-refractivity contribution in [3.8, 4) is 0 Å². The molecular weight excluding hydrogens is 411 g/mol. The van der Waals surface area contributed by atoms with Crippen LogP contribution in [0.3, 0.4) is 0 Å². The number of imide groups is 1. The average molecular weight is 445 g/mol. The van der Waals surface area contributed by atoms with Crippen molar-refractivity contribution in [2.24, 2.45) is 5.92 Å². The lowest BCUT2D eigenvalue weighted by Crippen LogP contribution is -2.50. The van der Waals surface area contributed by atoms with Crippen molar-refractivity contribution in [2.45, 2.75) is 57.5 Å². The topological polar surface area (TPSA) is 73.0 Å². The number of carbonyl (C=O) groups is 3. The van der Waals surface area contributed by atoms with Crippen molar-refractivity contribution >= 4 is 17.8 Å². The summed E-state index contributed by atoms with van der Waals surface area (Å²) in [5.41, 5.74) is -0.173. The fraction of sp³-hybridized carbons (Fsp3) is 0.625. The number of rotatable bonds is 5. The van der Waals surface area contributed by atoms with Crippen LogP contribution in [0, 0.1) is 11.7 Å². The zero-order valence-electron chi connectivity index (χ0n) is 18.8. The fourth-order valence-corrected chi connectivity index (χ4v) is 5.22. The number of amides is 4. The van der Waals surface area contributed by atoms with Gasteiger partial charge in [0.05, 0.1) is 0 Å². The van der Waals surface area contributed by atoms with E-state index in [0.717, 1.165) is 37.1 Å². The minimum Gasteiger partial charge on any atom is -0.340 e. The molecule has 3 fully saturated rings. The molecule has 7 nitrogen and oxygen atoms in total. The van der Waals surface area contributed by atoms with Gasteiger partial charge in [0.1, 0.15) is 17.9 Å². The standard InChI is InChI=1S/C24H33FN4O3/c1-2-18-8-10-24(11-9-18)22(31)29(23(32)26-24)17-21(30)28-13-5-12-27(14-15-28)16-19-6-3-4-7-20(19)25/h3-4,6-7,18H,2,5,8-17H2,1H3,(H,26,32). The Labute approximate surface area is 188 Å². The van der Waals surface area contributed by atoms with E-state index in [2.05, 4.69) is 17.1 Å². The Bertz CT molecular complexity index is 869. The Morgan fingerprint density at radius 3 is 2.59 bits per heavy atom. The molecule has 0 radical (unpaired) electrons. The summed E-state index contributed by atoms with van der Waals surface area (Å²) in [4.78, 5) is 43.6. The van der Waals surface area contributed by atoms with Crippen molar-refractivity contribution < 1.29 is 18.8 Å². The number of halogens is 1. The van der Waals surface area contributed by atoms with E-state index >= 15 is 0 Å². The van der Waals surface area contributed by atoms with E-state index < -0.39 is 11.6 Å². The summed E-state index contributed by atoms with van der Waals surface area (Å²) in [6, 6.07) is 6.30. The van der Waals surface area contributed by atoms with Crippen LogP contribution < -0.4 is 5.32 Å². The molecule has 1 spiro atoms. The Morgan fingerprint density at radius 1 is 1.12 bits per heavy atom. The summed E-state index contributed by atoms with van der Waals surface area (Å²) in [7, 11) is 0. The number of urea groups is 1.